The smallest absolute Gasteiger partial charge is 0.165 e. The van der Waals surface area contributed by atoms with Gasteiger partial charge in [0.15, 0.2) is 11.5 Å². The van der Waals surface area contributed by atoms with Gasteiger partial charge < -0.3 is 14.8 Å². The van der Waals surface area contributed by atoms with Crippen molar-refractivity contribution in [3.8, 4) is 17.6 Å². The minimum absolute atomic E-state index is 0.629. The molecular weight excluding hydrogens is 228 g/mol. The number of unbranched alkanes of at least 4 members (excludes halogenated alkanes) is 2. The molecule has 0 radical (unpaired) electrons. The molecule has 1 aromatic rings. The molecule has 1 rings (SSSR count). The maximum absolute atomic E-state index is 8.43. The summed E-state index contributed by atoms with van der Waals surface area (Å²) in [6.45, 7) is 1.65. The average molecular weight is 248 g/mol. The summed E-state index contributed by atoms with van der Waals surface area (Å²) in [5.74, 6) is 1.53. The molecule has 0 aromatic heterocycles. The van der Waals surface area contributed by atoms with Crippen LogP contribution in [0.2, 0.25) is 0 Å². The molecule has 0 unspecified atom stereocenters. The highest BCUT2D eigenvalue weighted by Crippen LogP contribution is 2.30. The van der Waals surface area contributed by atoms with Crippen LogP contribution in [0.5, 0.6) is 11.5 Å². The second-order valence-electron chi connectivity index (χ2n) is 3.94. The number of nitriles is 1. The van der Waals surface area contributed by atoms with Crippen molar-refractivity contribution in [3.63, 3.8) is 0 Å². The van der Waals surface area contributed by atoms with Crippen molar-refractivity contribution in [2.45, 2.75) is 25.8 Å². The van der Waals surface area contributed by atoms with E-state index in [1.807, 2.05) is 18.2 Å². The van der Waals surface area contributed by atoms with Crippen LogP contribution in [0.3, 0.4) is 0 Å². The van der Waals surface area contributed by atoms with E-state index in [1.165, 1.54) is 0 Å². The number of methoxy groups -OCH3 is 2. The SMILES string of the molecule is COc1cccc(CNCCCCC#N)c1OC. The van der Waals surface area contributed by atoms with E-state index in [2.05, 4.69) is 11.4 Å². The molecule has 0 saturated carbocycles. The molecule has 0 bridgehead atoms. The van der Waals surface area contributed by atoms with Crippen molar-refractivity contribution < 1.29 is 9.47 Å². The summed E-state index contributed by atoms with van der Waals surface area (Å²) in [6, 6.07) is 8.00. The summed E-state index contributed by atoms with van der Waals surface area (Å²) in [4.78, 5) is 0. The van der Waals surface area contributed by atoms with Crippen molar-refractivity contribution in [2.75, 3.05) is 20.8 Å². The minimum Gasteiger partial charge on any atom is -0.493 e. The van der Waals surface area contributed by atoms with Gasteiger partial charge in [-0.1, -0.05) is 12.1 Å². The normalized spacial score (nSPS) is 9.83. The third kappa shape index (κ3) is 4.27. The Hall–Kier alpha value is -1.73. The summed E-state index contributed by atoms with van der Waals surface area (Å²) in [7, 11) is 3.28. The highest BCUT2D eigenvalue weighted by molar-refractivity contribution is 5.46. The average Bonchev–Trinajstić information content (AvgIpc) is 2.42. The molecule has 0 spiro atoms. The van der Waals surface area contributed by atoms with Gasteiger partial charge in [0.25, 0.3) is 0 Å². The molecule has 98 valence electrons. The highest BCUT2D eigenvalue weighted by Gasteiger charge is 2.08. The zero-order chi connectivity index (χ0) is 13.2. The molecule has 0 aliphatic rings. The lowest BCUT2D eigenvalue weighted by molar-refractivity contribution is 0.350. The van der Waals surface area contributed by atoms with E-state index in [1.54, 1.807) is 14.2 Å². The lowest BCUT2D eigenvalue weighted by Gasteiger charge is -2.12. The van der Waals surface area contributed by atoms with Crippen LogP contribution in [0.15, 0.2) is 18.2 Å². The van der Waals surface area contributed by atoms with Crippen LogP contribution in [-0.4, -0.2) is 20.8 Å². The molecule has 4 nitrogen and oxygen atoms in total. The first-order valence-electron chi connectivity index (χ1n) is 6.11. The van der Waals surface area contributed by atoms with E-state index in [9.17, 15) is 0 Å². The fraction of sp³-hybridized carbons (Fsp3) is 0.500. The van der Waals surface area contributed by atoms with Gasteiger partial charge in [-0.2, -0.15) is 5.26 Å². The summed E-state index contributed by atoms with van der Waals surface area (Å²) >= 11 is 0. The molecule has 4 heteroatoms. The fourth-order valence-corrected chi connectivity index (χ4v) is 1.77. The van der Waals surface area contributed by atoms with E-state index < -0.39 is 0 Å². The number of para-hydroxylation sites is 1. The highest BCUT2D eigenvalue weighted by atomic mass is 16.5. The minimum atomic E-state index is 0.629. The Kier molecular flexibility index (Phi) is 6.67. The van der Waals surface area contributed by atoms with Crippen LogP contribution in [0.25, 0.3) is 0 Å². The molecule has 0 atom stereocenters. The van der Waals surface area contributed by atoms with E-state index in [-0.39, 0.29) is 0 Å². The molecule has 0 fully saturated rings. The molecule has 0 aliphatic carbocycles. The Morgan fingerprint density at radius 1 is 1.22 bits per heavy atom. The molecule has 1 N–H and O–H groups in total. The van der Waals surface area contributed by atoms with E-state index >= 15 is 0 Å². The Bertz CT molecular complexity index is 399. The van der Waals surface area contributed by atoms with Gasteiger partial charge in [-0.25, -0.2) is 0 Å². The van der Waals surface area contributed by atoms with Crippen LogP contribution in [0.4, 0.5) is 0 Å². The number of hydrogen-bond donors (Lipinski definition) is 1. The van der Waals surface area contributed by atoms with Gasteiger partial charge >= 0.3 is 0 Å². The van der Waals surface area contributed by atoms with Gasteiger partial charge in [0.1, 0.15) is 0 Å². The van der Waals surface area contributed by atoms with Crippen molar-refractivity contribution in [1.29, 1.82) is 5.26 Å². The Balaban J connectivity index is 2.44. The van der Waals surface area contributed by atoms with Crippen LogP contribution >= 0.6 is 0 Å². The fourth-order valence-electron chi connectivity index (χ4n) is 1.77. The lowest BCUT2D eigenvalue weighted by Crippen LogP contribution is -2.15. The van der Waals surface area contributed by atoms with Crippen molar-refractivity contribution in [2.24, 2.45) is 0 Å². The Morgan fingerprint density at radius 2 is 2.06 bits per heavy atom. The standard InChI is InChI=1S/C14H20N2O2/c1-17-13-8-6-7-12(14(13)18-2)11-16-10-5-3-4-9-15/h6-8,16H,3-5,10-11H2,1-2H3. The number of nitrogens with zero attached hydrogens (tertiary/aromatic N) is 1. The number of benzene rings is 1. The second kappa shape index (κ2) is 8.37. The van der Waals surface area contributed by atoms with E-state index in [0.29, 0.717) is 6.42 Å². The van der Waals surface area contributed by atoms with Gasteiger partial charge in [0.05, 0.1) is 20.3 Å². The predicted molar refractivity (Wildman–Crippen MR) is 70.7 cm³/mol. The maximum atomic E-state index is 8.43. The number of nitrogens with one attached hydrogen (secondary N) is 1. The van der Waals surface area contributed by atoms with E-state index in [0.717, 1.165) is 43.0 Å². The summed E-state index contributed by atoms with van der Waals surface area (Å²) in [5, 5.41) is 11.8. The second-order valence-corrected chi connectivity index (χ2v) is 3.94. The Morgan fingerprint density at radius 3 is 2.72 bits per heavy atom. The topological polar surface area (TPSA) is 54.3 Å². The van der Waals surface area contributed by atoms with Gasteiger partial charge in [-0.3, -0.25) is 0 Å². The van der Waals surface area contributed by atoms with Gasteiger partial charge in [-0.05, 0) is 25.5 Å². The third-order valence-electron chi connectivity index (χ3n) is 2.69. The molecule has 0 amide bonds. The largest absolute Gasteiger partial charge is 0.493 e. The summed E-state index contributed by atoms with van der Waals surface area (Å²) in [6.07, 6.45) is 2.59. The Labute approximate surface area is 109 Å². The van der Waals surface area contributed by atoms with E-state index in [4.69, 9.17) is 14.7 Å². The maximum Gasteiger partial charge on any atom is 0.165 e. The van der Waals surface area contributed by atoms with Crippen LogP contribution in [0.1, 0.15) is 24.8 Å². The molecule has 18 heavy (non-hydrogen) atoms. The molecule has 0 heterocycles. The van der Waals surface area contributed by atoms with Gasteiger partial charge in [-0.15, -0.1) is 0 Å². The van der Waals surface area contributed by atoms with Crippen LogP contribution in [0, 0.1) is 11.3 Å². The quantitative estimate of drug-likeness (QED) is 0.718. The first kappa shape index (κ1) is 14.3. The zero-order valence-electron chi connectivity index (χ0n) is 11.0. The van der Waals surface area contributed by atoms with Crippen molar-refractivity contribution >= 4 is 0 Å². The van der Waals surface area contributed by atoms with Gasteiger partial charge in [0, 0.05) is 18.5 Å². The summed E-state index contributed by atoms with van der Waals surface area (Å²) < 4.78 is 10.6. The zero-order valence-corrected chi connectivity index (χ0v) is 11.0. The molecule has 1 aromatic carbocycles. The first-order chi connectivity index (χ1) is 8.83. The van der Waals surface area contributed by atoms with Crippen molar-refractivity contribution in [3.05, 3.63) is 23.8 Å². The molecular formula is C14H20N2O2. The van der Waals surface area contributed by atoms with Crippen molar-refractivity contribution in [1.82, 2.24) is 5.32 Å². The monoisotopic (exact) mass is 248 g/mol. The number of rotatable bonds is 8. The number of ether oxygens (including phenoxy) is 2. The van der Waals surface area contributed by atoms with Crippen LogP contribution < -0.4 is 14.8 Å². The van der Waals surface area contributed by atoms with Gasteiger partial charge in [0.2, 0.25) is 0 Å². The molecule has 0 saturated heterocycles. The number of hydrogen-bond acceptors (Lipinski definition) is 4. The summed E-state index contributed by atoms with van der Waals surface area (Å²) in [5.41, 5.74) is 1.08. The molecule has 0 aliphatic heterocycles. The predicted octanol–water partition coefficient (Wildman–Crippen LogP) is 2.49. The third-order valence-corrected chi connectivity index (χ3v) is 2.69. The lowest BCUT2D eigenvalue weighted by atomic mass is 10.1. The first-order valence-corrected chi connectivity index (χ1v) is 6.11. The van der Waals surface area contributed by atoms with Crippen LogP contribution in [-0.2, 0) is 6.54 Å².